The van der Waals surface area contributed by atoms with Gasteiger partial charge in [0.05, 0.1) is 21.8 Å². The van der Waals surface area contributed by atoms with Gasteiger partial charge < -0.3 is 4.74 Å². The van der Waals surface area contributed by atoms with Crippen LogP contribution in [0.1, 0.15) is 24.8 Å². The number of para-hydroxylation sites is 1. The van der Waals surface area contributed by atoms with E-state index in [9.17, 15) is 4.79 Å². The second-order valence-electron chi connectivity index (χ2n) is 3.87. The van der Waals surface area contributed by atoms with Crippen molar-refractivity contribution in [2.24, 2.45) is 0 Å². The zero-order chi connectivity index (χ0) is 12.1. The number of fused-ring (bicyclic) bond motifs is 1. The molecule has 0 aliphatic carbocycles. The number of nitrogens with zero attached hydrogens (tertiary/aromatic N) is 1. The summed E-state index contributed by atoms with van der Waals surface area (Å²) >= 11 is 1.74. The van der Waals surface area contributed by atoms with Gasteiger partial charge in [-0.25, -0.2) is 4.98 Å². The molecule has 1 aromatic carbocycles. The Kier molecular flexibility index (Phi) is 4.09. The third-order valence-corrected chi connectivity index (χ3v) is 3.52. The Labute approximate surface area is 104 Å². The monoisotopic (exact) mass is 249 g/mol. The van der Waals surface area contributed by atoms with Gasteiger partial charge in [0.1, 0.15) is 0 Å². The molecule has 0 atom stereocenters. The quantitative estimate of drug-likeness (QED) is 0.603. The van der Waals surface area contributed by atoms with Crippen molar-refractivity contribution < 1.29 is 9.53 Å². The molecular formula is C13H15NO2S. The molecule has 2 rings (SSSR count). The lowest BCUT2D eigenvalue weighted by atomic mass is 10.2. The number of carbonyl (C=O) groups is 1. The standard InChI is InChI=1S/C13H15NO2S/c1-10(15)16-9-5-4-8-13-14-11-6-2-3-7-12(11)17-13/h2-3,6-7H,4-5,8-9H2,1H3. The van der Waals surface area contributed by atoms with Gasteiger partial charge in [-0.2, -0.15) is 0 Å². The topological polar surface area (TPSA) is 39.2 Å². The van der Waals surface area contributed by atoms with Crippen LogP contribution in [-0.4, -0.2) is 17.6 Å². The van der Waals surface area contributed by atoms with Gasteiger partial charge in [0.2, 0.25) is 0 Å². The highest BCUT2D eigenvalue weighted by molar-refractivity contribution is 7.18. The summed E-state index contributed by atoms with van der Waals surface area (Å²) in [6.07, 6.45) is 2.86. The van der Waals surface area contributed by atoms with Gasteiger partial charge in [-0.05, 0) is 31.4 Å². The number of carbonyl (C=O) groups excluding carboxylic acids is 1. The largest absolute Gasteiger partial charge is 0.466 e. The zero-order valence-corrected chi connectivity index (χ0v) is 10.6. The number of hydrogen-bond acceptors (Lipinski definition) is 4. The number of aromatic nitrogens is 1. The van der Waals surface area contributed by atoms with E-state index in [1.54, 1.807) is 11.3 Å². The van der Waals surface area contributed by atoms with Crippen LogP contribution in [0.25, 0.3) is 10.2 Å². The predicted molar refractivity (Wildman–Crippen MR) is 69.2 cm³/mol. The first kappa shape index (κ1) is 12.0. The highest BCUT2D eigenvalue weighted by Crippen LogP contribution is 2.22. The Morgan fingerprint density at radius 2 is 2.18 bits per heavy atom. The minimum atomic E-state index is -0.204. The van der Waals surface area contributed by atoms with Crippen molar-refractivity contribution in [2.45, 2.75) is 26.2 Å². The molecule has 2 aromatic rings. The average Bonchev–Trinajstić information content (AvgIpc) is 2.70. The molecule has 0 saturated carbocycles. The van der Waals surface area contributed by atoms with Crippen LogP contribution < -0.4 is 0 Å². The van der Waals surface area contributed by atoms with E-state index in [0.29, 0.717) is 6.61 Å². The highest BCUT2D eigenvalue weighted by atomic mass is 32.1. The average molecular weight is 249 g/mol. The van der Waals surface area contributed by atoms with Crippen LogP contribution in [0.5, 0.6) is 0 Å². The van der Waals surface area contributed by atoms with Crippen molar-refractivity contribution in [1.29, 1.82) is 0 Å². The molecule has 0 unspecified atom stereocenters. The Hall–Kier alpha value is -1.42. The molecule has 1 heterocycles. The van der Waals surface area contributed by atoms with Crippen molar-refractivity contribution in [2.75, 3.05) is 6.61 Å². The number of rotatable bonds is 5. The molecule has 0 aliphatic heterocycles. The molecule has 0 N–H and O–H groups in total. The van der Waals surface area contributed by atoms with Crippen molar-refractivity contribution in [1.82, 2.24) is 4.98 Å². The maximum Gasteiger partial charge on any atom is 0.302 e. The summed E-state index contributed by atoms with van der Waals surface area (Å²) in [5.74, 6) is -0.204. The summed E-state index contributed by atoms with van der Waals surface area (Å²) in [6, 6.07) is 8.17. The highest BCUT2D eigenvalue weighted by Gasteiger charge is 2.02. The fraction of sp³-hybridized carbons (Fsp3) is 0.385. The third-order valence-electron chi connectivity index (χ3n) is 2.43. The van der Waals surface area contributed by atoms with Crippen LogP contribution in [0.15, 0.2) is 24.3 Å². The molecule has 0 amide bonds. The van der Waals surface area contributed by atoms with Crippen molar-refractivity contribution in [3.05, 3.63) is 29.3 Å². The number of benzene rings is 1. The molecule has 0 bridgehead atoms. The molecule has 3 nitrogen and oxygen atoms in total. The summed E-state index contributed by atoms with van der Waals surface area (Å²) in [5.41, 5.74) is 1.08. The Morgan fingerprint density at radius 3 is 2.94 bits per heavy atom. The van der Waals surface area contributed by atoms with E-state index in [0.717, 1.165) is 29.8 Å². The minimum Gasteiger partial charge on any atom is -0.466 e. The van der Waals surface area contributed by atoms with Crippen LogP contribution in [-0.2, 0) is 16.0 Å². The molecule has 90 valence electrons. The Balaban J connectivity index is 1.81. The molecule has 1 aromatic heterocycles. The van der Waals surface area contributed by atoms with Crippen LogP contribution in [0.2, 0.25) is 0 Å². The second-order valence-corrected chi connectivity index (χ2v) is 4.99. The van der Waals surface area contributed by atoms with Crippen molar-refractivity contribution in [3.63, 3.8) is 0 Å². The van der Waals surface area contributed by atoms with Crippen LogP contribution in [0.4, 0.5) is 0 Å². The van der Waals surface area contributed by atoms with E-state index in [-0.39, 0.29) is 5.97 Å². The van der Waals surface area contributed by atoms with Gasteiger partial charge in [0.25, 0.3) is 0 Å². The van der Waals surface area contributed by atoms with E-state index >= 15 is 0 Å². The van der Waals surface area contributed by atoms with E-state index in [2.05, 4.69) is 11.1 Å². The minimum absolute atomic E-state index is 0.204. The van der Waals surface area contributed by atoms with Crippen LogP contribution in [0.3, 0.4) is 0 Å². The Morgan fingerprint density at radius 1 is 1.35 bits per heavy atom. The molecule has 4 heteroatoms. The number of unbranched alkanes of at least 4 members (excludes halogenated alkanes) is 1. The molecule has 0 spiro atoms. The third kappa shape index (κ3) is 3.53. The number of thiazole rings is 1. The van der Waals surface area contributed by atoms with Crippen molar-refractivity contribution >= 4 is 27.5 Å². The fourth-order valence-corrected chi connectivity index (χ4v) is 2.63. The van der Waals surface area contributed by atoms with Crippen LogP contribution in [0, 0.1) is 0 Å². The van der Waals surface area contributed by atoms with Gasteiger partial charge in [-0.15, -0.1) is 11.3 Å². The van der Waals surface area contributed by atoms with E-state index in [1.165, 1.54) is 11.6 Å². The first-order valence-electron chi connectivity index (χ1n) is 5.73. The maximum absolute atomic E-state index is 10.6. The summed E-state index contributed by atoms with van der Waals surface area (Å²) < 4.78 is 6.12. The predicted octanol–water partition coefficient (Wildman–Crippen LogP) is 3.18. The fourth-order valence-electron chi connectivity index (χ4n) is 1.62. The lowest BCUT2D eigenvalue weighted by Crippen LogP contribution is -2.00. The van der Waals surface area contributed by atoms with Gasteiger partial charge in [-0.1, -0.05) is 12.1 Å². The zero-order valence-electron chi connectivity index (χ0n) is 9.81. The number of esters is 1. The molecule has 0 fully saturated rings. The van der Waals surface area contributed by atoms with Gasteiger partial charge in [-0.3, -0.25) is 4.79 Å². The first-order valence-corrected chi connectivity index (χ1v) is 6.55. The number of hydrogen-bond donors (Lipinski definition) is 0. The SMILES string of the molecule is CC(=O)OCCCCc1nc2ccccc2s1. The summed E-state index contributed by atoms with van der Waals surface area (Å²) in [5, 5.41) is 1.16. The van der Waals surface area contributed by atoms with Crippen LogP contribution >= 0.6 is 11.3 Å². The maximum atomic E-state index is 10.6. The molecule has 0 aliphatic rings. The summed E-state index contributed by atoms with van der Waals surface area (Å²) in [6.45, 7) is 1.95. The molecule has 0 radical (unpaired) electrons. The lowest BCUT2D eigenvalue weighted by Gasteiger charge is -1.99. The van der Waals surface area contributed by atoms with Crippen molar-refractivity contribution in [3.8, 4) is 0 Å². The Bertz CT molecular complexity index is 474. The number of ether oxygens (including phenoxy) is 1. The second kappa shape index (κ2) is 5.77. The first-order chi connectivity index (χ1) is 8.25. The normalized spacial score (nSPS) is 10.6. The molecule has 0 saturated heterocycles. The number of aryl methyl sites for hydroxylation is 1. The van der Waals surface area contributed by atoms with Gasteiger partial charge >= 0.3 is 5.97 Å². The molecular weight excluding hydrogens is 234 g/mol. The summed E-state index contributed by atoms with van der Waals surface area (Å²) in [4.78, 5) is 15.1. The van der Waals surface area contributed by atoms with Gasteiger partial charge in [0.15, 0.2) is 0 Å². The smallest absolute Gasteiger partial charge is 0.302 e. The molecule has 17 heavy (non-hydrogen) atoms. The summed E-state index contributed by atoms with van der Waals surface area (Å²) in [7, 11) is 0. The lowest BCUT2D eigenvalue weighted by molar-refractivity contribution is -0.141. The van der Waals surface area contributed by atoms with E-state index in [1.807, 2.05) is 18.2 Å². The van der Waals surface area contributed by atoms with E-state index in [4.69, 9.17) is 4.74 Å². The van der Waals surface area contributed by atoms with Gasteiger partial charge in [0, 0.05) is 6.92 Å². The van der Waals surface area contributed by atoms with E-state index < -0.39 is 0 Å².